The van der Waals surface area contributed by atoms with E-state index in [9.17, 15) is 4.79 Å². The van der Waals surface area contributed by atoms with Crippen molar-refractivity contribution in [2.45, 2.75) is 31.8 Å². The second kappa shape index (κ2) is 9.30. The van der Waals surface area contributed by atoms with Gasteiger partial charge < -0.3 is 24.4 Å². The summed E-state index contributed by atoms with van der Waals surface area (Å²) in [5.41, 5.74) is 0.489. The van der Waals surface area contributed by atoms with E-state index in [4.69, 9.17) is 14.2 Å². The molecule has 1 saturated heterocycles. The first-order chi connectivity index (χ1) is 13.6. The van der Waals surface area contributed by atoms with E-state index in [1.54, 1.807) is 49.7 Å². The van der Waals surface area contributed by atoms with Crippen LogP contribution in [0.1, 0.15) is 41.0 Å². The van der Waals surface area contributed by atoms with Crippen LogP contribution >= 0.6 is 11.3 Å². The fourth-order valence-corrected chi connectivity index (χ4v) is 4.98. The molecule has 28 heavy (non-hydrogen) atoms. The molecule has 2 N–H and O–H groups in total. The topological polar surface area (TPSA) is 61.2 Å². The molecule has 0 aliphatic carbocycles. The first-order valence-electron chi connectivity index (χ1n) is 9.57. The molecule has 6 nitrogen and oxygen atoms in total. The van der Waals surface area contributed by atoms with E-state index in [0.29, 0.717) is 22.8 Å². The number of nitrogens with one attached hydrogen (secondary N) is 2. The number of quaternary nitrogens is 1. The van der Waals surface area contributed by atoms with Crippen molar-refractivity contribution in [1.82, 2.24) is 5.32 Å². The second-order valence-corrected chi connectivity index (χ2v) is 8.01. The molecule has 0 spiro atoms. The van der Waals surface area contributed by atoms with Gasteiger partial charge in [-0.2, -0.15) is 0 Å². The zero-order valence-electron chi connectivity index (χ0n) is 16.9. The van der Waals surface area contributed by atoms with E-state index in [1.165, 1.54) is 17.7 Å². The maximum atomic E-state index is 13.0. The van der Waals surface area contributed by atoms with Crippen LogP contribution < -0.4 is 24.4 Å². The molecule has 1 fully saturated rings. The van der Waals surface area contributed by atoms with E-state index in [1.807, 2.05) is 0 Å². The van der Waals surface area contributed by atoms with Gasteiger partial charge in [-0.25, -0.2) is 0 Å². The molecule has 1 aliphatic heterocycles. The highest BCUT2D eigenvalue weighted by Gasteiger charge is 2.34. The number of likely N-dealkylation sites (tertiary alicyclic amines) is 1. The molecule has 7 heteroatoms. The summed E-state index contributed by atoms with van der Waals surface area (Å²) in [6.07, 6.45) is 2.48. The minimum Gasteiger partial charge on any atom is -0.493 e. The molecule has 152 valence electrons. The first kappa shape index (κ1) is 20.5. The Hall–Kier alpha value is -2.25. The molecule has 3 rings (SSSR count). The standard InChI is InChI=1S/C21H28N2O4S/c1-14(19(18-8-7-11-28-18)23-9-5-6-10-23)22-21(24)15-12-16(25-2)20(27-4)17(13-15)26-3/h7-8,11-14,19H,5-6,9-10H2,1-4H3,(H,22,24)/p+1/t14-,19+/m1/s1. The Morgan fingerprint density at radius 3 is 2.25 bits per heavy atom. The number of hydrogen-bond donors (Lipinski definition) is 2. The van der Waals surface area contributed by atoms with Gasteiger partial charge in [0.2, 0.25) is 5.75 Å². The maximum Gasteiger partial charge on any atom is 0.251 e. The fraction of sp³-hybridized carbons (Fsp3) is 0.476. The Balaban J connectivity index is 1.82. The molecule has 0 unspecified atom stereocenters. The Bertz CT molecular complexity index is 763. The van der Waals surface area contributed by atoms with E-state index in [-0.39, 0.29) is 18.0 Å². The molecule has 0 bridgehead atoms. The lowest BCUT2D eigenvalue weighted by atomic mass is 10.1. The highest BCUT2D eigenvalue weighted by molar-refractivity contribution is 7.10. The van der Waals surface area contributed by atoms with Crippen LogP contribution in [-0.4, -0.2) is 46.4 Å². The number of methoxy groups -OCH3 is 3. The Morgan fingerprint density at radius 2 is 1.75 bits per heavy atom. The molecular formula is C21H29N2O4S+. The van der Waals surface area contributed by atoms with Gasteiger partial charge >= 0.3 is 0 Å². The van der Waals surface area contributed by atoms with Gasteiger partial charge in [0.25, 0.3) is 5.91 Å². The number of carbonyl (C=O) groups excluding carboxylic acids is 1. The second-order valence-electron chi connectivity index (χ2n) is 7.03. The summed E-state index contributed by atoms with van der Waals surface area (Å²) in [7, 11) is 4.64. The number of benzene rings is 1. The van der Waals surface area contributed by atoms with E-state index in [2.05, 4.69) is 29.8 Å². The van der Waals surface area contributed by atoms with Crippen molar-refractivity contribution in [2.75, 3.05) is 34.4 Å². The normalized spacial score (nSPS) is 16.4. The van der Waals surface area contributed by atoms with Gasteiger partial charge in [0, 0.05) is 18.4 Å². The van der Waals surface area contributed by atoms with Crippen LogP contribution in [0, 0.1) is 0 Å². The lowest BCUT2D eigenvalue weighted by molar-refractivity contribution is -0.920. The number of thiophene rings is 1. The van der Waals surface area contributed by atoms with E-state index < -0.39 is 0 Å². The fourth-order valence-electron chi connectivity index (χ4n) is 4.00. The van der Waals surface area contributed by atoms with Crippen molar-refractivity contribution in [3.63, 3.8) is 0 Å². The van der Waals surface area contributed by atoms with Crippen LogP contribution in [0.5, 0.6) is 17.2 Å². The minimum absolute atomic E-state index is 0.00154. The monoisotopic (exact) mass is 405 g/mol. The molecule has 0 radical (unpaired) electrons. The molecule has 1 aromatic carbocycles. The lowest BCUT2D eigenvalue weighted by Gasteiger charge is -2.29. The van der Waals surface area contributed by atoms with Gasteiger partial charge in [0.15, 0.2) is 11.5 Å². The van der Waals surface area contributed by atoms with Crippen molar-refractivity contribution >= 4 is 17.2 Å². The Labute approximate surface area is 170 Å². The smallest absolute Gasteiger partial charge is 0.251 e. The zero-order chi connectivity index (χ0) is 20.1. The van der Waals surface area contributed by atoms with Gasteiger partial charge in [-0.3, -0.25) is 4.79 Å². The van der Waals surface area contributed by atoms with Gasteiger partial charge in [0.1, 0.15) is 6.04 Å². The number of amides is 1. The van der Waals surface area contributed by atoms with Crippen LogP contribution in [0.2, 0.25) is 0 Å². The van der Waals surface area contributed by atoms with Crippen LogP contribution in [-0.2, 0) is 0 Å². The number of rotatable bonds is 8. The van der Waals surface area contributed by atoms with Crippen LogP contribution in [0.15, 0.2) is 29.6 Å². The molecule has 2 atom stereocenters. The highest BCUT2D eigenvalue weighted by Crippen LogP contribution is 2.38. The average Bonchev–Trinajstić information content (AvgIpc) is 3.41. The zero-order valence-corrected chi connectivity index (χ0v) is 17.7. The van der Waals surface area contributed by atoms with Gasteiger partial charge in [-0.15, -0.1) is 11.3 Å². The van der Waals surface area contributed by atoms with Crippen molar-refractivity contribution in [2.24, 2.45) is 0 Å². The third-order valence-electron chi connectivity index (χ3n) is 5.32. The lowest BCUT2D eigenvalue weighted by Crippen LogP contribution is -3.11. The summed E-state index contributed by atoms with van der Waals surface area (Å²) < 4.78 is 16.1. The molecule has 0 saturated carbocycles. The molecule has 1 aromatic heterocycles. The maximum absolute atomic E-state index is 13.0. The average molecular weight is 406 g/mol. The third kappa shape index (κ3) is 4.25. The van der Waals surface area contributed by atoms with Crippen LogP contribution in [0.25, 0.3) is 0 Å². The summed E-state index contributed by atoms with van der Waals surface area (Å²) >= 11 is 1.76. The number of hydrogen-bond acceptors (Lipinski definition) is 5. The first-order valence-corrected chi connectivity index (χ1v) is 10.5. The summed E-state index contributed by atoms with van der Waals surface area (Å²) in [6, 6.07) is 7.88. The van der Waals surface area contributed by atoms with Crippen LogP contribution in [0.3, 0.4) is 0 Å². The van der Waals surface area contributed by atoms with E-state index in [0.717, 1.165) is 13.1 Å². The van der Waals surface area contributed by atoms with Crippen molar-refractivity contribution in [1.29, 1.82) is 0 Å². The number of ether oxygens (including phenoxy) is 3. The summed E-state index contributed by atoms with van der Waals surface area (Å²) in [5, 5.41) is 5.30. The summed E-state index contributed by atoms with van der Waals surface area (Å²) in [5.74, 6) is 1.28. The van der Waals surface area contributed by atoms with Gasteiger partial charge in [-0.05, 0) is 30.5 Å². The molecule has 1 amide bonds. The summed E-state index contributed by atoms with van der Waals surface area (Å²) in [4.78, 5) is 15.9. The minimum atomic E-state index is -0.146. The third-order valence-corrected chi connectivity index (χ3v) is 6.28. The molecule has 2 aromatic rings. The van der Waals surface area contributed by atoms with E-state index >= 15 is 0 Å². The Morgan fingerprint density at radius 1 is 1.11 bits per heavy atom. The number of carbonyl (C=O) groups is 1. The largest absolute Gasteiger partial charge is 0.493 e. The molecule has 2 heterocycles. The molecule has 1 aliphatic rings. The summed E-state index contributed by atoms with van der Waals surface area (Å²) in [6.45, 7) is 4.38. The quantitative estimate of drug-likeness (QED) is 0.708. The molecular weight excluding hydrogens is 376 g/mol. The highest BCUT2D eigenvalue weighted by atomic mass is 32.1. The van der Waals surface area contributed by atoms with Crippen LogP contribution in [0.4, 0.5) is 0 Å². The van der Waals surface area contributed by atoms with Gasteiger partial charge in [-0.1, -0.05) is 6.07 Å². The SMILES string of the molecule is COc1cc(C(=O)N[C@H](C)[C@@H](c2cccs2)[NH+]2CCCC2)cc(OC)c1OC. The predicted octanol–water partition coefficient (Wildman–Crippen LogP) is 2.31. The van der Waals surface area contributed by atoms with Crippen molar-refractivity contribution in [3.8, 4) is 17.2 Å². The van der Waals surface area contributed by atoms with Crippen molar-refractivity contribution in [3.05, 3.63) is 40.1 Å². The predicted molar refractivity (Wildman–Crippen MR) is 110 cm³/mol. The van der Waals surface area contributed by atoms with Gasteiger partial charge in [0.05, 0.1) is 45.3 Å². The van der Waals surface area contributed by atoms with Crippen molar-refractivity contribution < 1.29 is 23.9 Å². The Kier molecular flexibility index (Phi) is 6.80.